The molecule has 0 bridgehead atoms. The third-order valence-electron chi connectivity index (χ3n) is 0.478. The number of hydrogen-bond donors (Lipinski definition) is 1. The molecule has 0 saturated carbocycles. The molecule has 0 saturated heterocycles. The van der Waals surface area contributed by atoms with Crippen molar-refractivity contribution in [3.05, 3.63) is 0 Å². The van der Waals surface area contributed by atoms with Gasteiger partial charge >= 0.3 is 89.7 Å². The Kier molecular flexibility index (Phi) is 11.6. The van der Waals surface area contributed by atoms with Gasteiger partial charge in [-0.1, -0.05) is 0 Å². The van der Waals surface area contributed by atoms with Crippen molar-refractivity contribution in [3.8, 4) is 6.07 Å². The van der Waals surface area contributed by atoms with Crippen LogP contribution in [0.25, 0.3) is 0 Å². The van der Waals surface area contributed by atoms with E-state index in [0.29, 0.717) is 0 Å². The quantitative estimate of drug-likeness (QED) is 0.372. The third kappa shape index (κ3) is 11.1. The molecule has 0 aromatic carbocycles. The van der Waals surface area contributed by atoms with Crippen LogP contribution in [0.1, 0.15) is 6.92 Å². The Morgan fingerprint density at radius 3 is 2.14 bits per heavy atom. The zero-order valence-corrected chi connectivity index (χ0v) is 11.3. The van der Waals surface area contributed by atoms with E-state index in [9.17, 15) is 3.32 Å². The Bertz CT molecular complexity index is 218. The van der Waals surface area contributed by atoms with E-state index in [-0.39, 0.29) is 0 Å². The third-order valence-corrected chi connectivity index (χ3v) is 2.45. The molecule has 0 heterocycles. The van der Waals surface area contributed by atoms with Crippen molar-refractivity contribution < 1.29 is 34.0 Å². The van der Waals surface area contributed by atoms with Crippen LogP contribution in [0.15, 0.2) is 0 Å². The van der Waals surface area contributed by atoms with Crippen molar-refractivity contribution in [3.63, 3.8) is 0 Å². The first-order chi connectivity index (χ1) is 6.27. The zero-order valence-electron chi connectivity index (χ0n) is 6.71. The fraction of sp³-hybridized carbons (Fsp3) is 0.750. The van der Waals surface area contributed by atoms with Crippen LogP contribution < -0.4 is 0 Å². The van der Waals surface area contributed by atoms with Crippen LogP contribution in [0.4, 0.5) is 0 Å². The van der Waals surface area contributed by atoms with E-state index < -0.39 is 28.0 Å². The van der Waals surface area contributed by atoms with Crippen LogP contribution in [0, 0.1) is 11.3 Å². The summed E-state index contributed by atoms with van der Waals surface area (Å²) in [6.07, 6.45) is 0. The first kappa shape index (κ1) is 17.4. The molecule has 0 fully saturated rings. The van der Waals surface area contributed by atoms with Crippen LogP contribution >= 0.6 is 46.4 Å². The fourth-order valence-corrected chi connectivity index (χ4v) is 0.745. The first-order valence-electron chi connectivity index (χ1n) is 2.83. The van der Waals surface area contributed by atoms with Gasteiger partial charge in [0.25, 0.3) is 0 Å². The molecule has 0 amide bonds. The van der Waals surface area contributed by atoms with Crippen molar-refractivity contribution in [1.82, 2.24) is 0 Å². The van der Waals surface area contributed by atoms with E-state index in [1.807, 2.05) is 0 Å². The Labute approximate surface area is 107 Å². The van der Waals surface area contributed by atoms with E-state index in [1.54, 1.807) is 6.07 Å². The topological polar surface area (TPSA) is 79.6 Å². The SMILES string of the molecule is CC#N.[O]=[Ti]([OH])[O]OC(Cl)(Cl)C(Cl)Cl. The summed E-state index contributed by atoms with van der Waals surface area (Å²) in [5.74, 6) is 0. The second-order valence-electron chi connectivity index (χ2n) is 1.52. The van der Waals surface area contributed by atoms with Crippen LogP contribution in [-0.2, 0) is 30.3 Å². The van der Waals surface area contributed by atoms with Gasteiger partial charge in [0.15, 0.2) is 0 Å². The van der Waals surface area contributed by atoms with Crippen LogP contribution in [0.5, 0.6) is 0 Å². The molecule has 0 aromatic rings. The molecule has 0 atom stereocenters. The average molecular weight is 321 g/mol. The average Bonchev–Trinajstić information content (AvgIpc) is 2.02. The van der Waals surface area contributed by atoms with Gasteiger partial charge in [0.2, 0.25) is 0 Å². The van der Waals surface area contributed by atoms with E-state index in [4.69, 9.17) is 55.4 Å². The molecule has 0 aliphatic carbocycles. The summed E-state index contributed by atoms with van der Waals surface area (Å²) in [7, 11) is 0. The van der Waals surface area contributed by atoms with Crippen molar-refractivity contribution in [2.75, 3.05) is 0 Å². The second kappa shape index (κ2) is 9.28. The van der Waals surface area contributed by atoms with Crippen LogP contribution in [-0.4, -0.2) is 13.0 Å². The molecule has 14 heavy (non-hydrogen) atoms. The summed E-state index contributed by atoms with van der Waals surface area (Å²) in [5.41, 5.74) is 0. The van der Waals surface area contributed by atoms with Gasteiger partial charge in [-0.2, -0.15) is 5.26 Å². The van der Waals surface area contributed by atoms with Crippen molar-refractivity contribution >= 4 is 46.4 Å². The van der Waals surface area contributed by atoms with Gasteiger partial charge in [0.1, 0.15) is 0 Å². The van der Waals surface area contributed by atoms with Gasteiger partial charge in [-0.25, -0.2) is 0 Å². The van der Waals surface area contributed by atoms with Gasteiger partial charge in [-0.05, 0) is 0 Å². The maximum absolute atomic E-state index is 9.97. The molecule has 0 aliphatic heterocycles. The summed E-state index contributed by atoms with van der Waals surface area (Å²) >= 11 is 17.1. The molecule has 0 rings (SSSR count). The Morgan fingerprint density at radius 2 is 1.93 bits per heavy atom. The molecule has 0 unspecified atom stereocenters. The fourth-order valence-electron chi connectivity index (χ4n) is 0.128. The normalized spacial score (nSPS) is 10.1. The van der Waals surface area contributed by atoms with Crippen LogP contribution in [0.3, 0.4) is 0 Å². The molecular formula is C4H5Cl4NO4Ti. The molecule has 10 heteroatoms. The van der Waals surface area contributed by atoms with Crippen molar-refractivity contribution in [2.45, 2.75) is 16.3 Å². The number of hydrogen-bond acceptors (Lipinski definition) is 4. The van der Waals surface area contributed by atoms with E-state index >= 15 is 0 Å². The summed E-state index contributed by atoms with van der Waals surface area (Å²) < 4.78 is 19.9. The summed E-state index contributed by atoms with van der Waals surface area (Å²) in [5, 5.41) is 7.32. The summed E-state index contributed by atoms with van der Waals surface area (Å²) in [6.45, 7) is 1.43. The van der Waals surface area contributed by atoms with E-state index in [2.05, 4.69) is 8.36 Å². The minimum absolute atomic E-state index is 1.29. The molecule has 5 nitrogen and oxygen atoms in total. The summed E-state index contributed by atoms with van der Waals surface area (Å²) in [6, 6.07) is 1.75. The van der Waals surface area contributed by atoms with Gasteiger partial charge in [-0.15, -0.1) is 0 Å². The number of halogens is 4. The molecule has 0 radical (unpaired) electrons. The van der Waals surface area contributed by atoms with Crippen molar-refractivity contribution in [2.24, 2.45) is 0 Å². The molecular weight excluding hydrogens is 316 g/mol. The standard InChI is InChI=1S/C2H2Cl4O2.C2H3N.H2O.O.Ti/c3-1(4)2(5,6)8-7;1-2-3;;;/h1,7H;1H3;1H2;;/q;;;;+2/p-2. The summed E-state index contributed by atoms with van der Waals surface area (Å²) in [4.78, 5) is 2.74. The second-order valence-corrected chi connectivity index (χ2v) is 5.02. The molecule has 1 N–H and O–H groups in total. The van der Waals surface area contributed by atoms with E-state index in [0.717, 1.165) is 0 Å². The van der Waals surface area contributed by atoms with Gasteiger partial charge in [-0.3, -0.25) is 0 Å². The molecule has 82 valence electrons. The maximum atomic E-state index is 9.97. The predicted molar refractivity (Wildman–Crippen MR) is 46.3 cm³/mol. The Balaban J connectivity index is 0. The van der Waals surface area contributed by atoms with Gasteiger partial charge < -0.3 is 0 Å². The Morgan fingerprint density at radius 1 is 1.57 bits per heavy atom. The molecule has 0 aliphatic rings. The van der Waals surface area contributed by atoms with Crippen molar-refractivity contribution in [1.29, 1.82) is 5.26 Å². The number of nitrogens with zero attached hydrogens (tertiary/aromatic N) is 1. The van der Waals surface area contributed by atoms with Gasteiger partial charge in [0.05, 0.1) is 6.07 Å². The zero-order chi connectivity index (χ0) is 11.8. The predicted octanol–water partition coefficient (Wildman–Crippen LogP) is 2.19. The minimum atomic E-state index is -3.80. The van der Waals surface area contributed by atoms with E-state index in [1.165, 1.54) is 6.92 Å². The monoisotopic (exact) mass is 319 g/mol. The van der Waals surface area contributed by atoms with Crippen LogP contribution in [0.2, 0.25) is 0 Å². The number of rotatable bonds is 4. The van der Waals surface area contributed by atoms with Gasteiger partial charge in [0, 0.05) is 6.92 Å². The molecule has 0 aromatic heterocycles. The molecule has 0 spiro atoms. The Hall–Kier alpha value is 1.04. The number of nitriles is 1. The number of alkyl halides is 4. The first-order valence-corrected chi connectivity index (χ1v) is 6.43.